The van der Waals surface area contributed by atoms with Crippen molar-refractivity contribution in [3.63, 3.8) is 0 Å². The molecule has 2 amide bonds. The van der Waals surface area contributed by atoms with Crippen LogP contribution in [-0.4, -0.2) is 21.6 Å². The molecule has 2 bridgehead atoms. The van der Waals surface area contributed by atoms with Crippen LogP contribution >= 0.6 is 46.3 Å². The van der Waals surface area contributed by atoms with Crippen LogP contribution in [0.15, 0.2) is 88.7 Å². The van der Waals surface area contributed by atoms with Gasteiger partial charge in [0.2, 0.25) is 11.8 Å². The van der Waals surface area contributed by atoms with Gasteiger partial charge in [-0.3, -0.25) is 23.9 Å². The summed E-state index contributed by atoms with van der Waals surface area (Å²) in [6.07, 6.45) is 0.853. The summed E-state index contributed by atoms with van der Waals surface area (Å²) >= 11 is 15.5. The van der Waals surface area contributed by atoms with Gasteiger partial charge in [-0.2, -0.15) is 0 Å². The summed E-state index contributed by atoms with van der Waals surface area (Å²) < 4.78 is 1.91. The lowest BCUT2D eigenvalue weighted by Crippen LogP contribution is -2.43. The quantitative estimate of drug-likeness (QED) is 0.232. The van der Waals surface area contributed by atoms with E-state index in [-0.39, 0.29) is 57.4 Å². The van der Waals surface area contributed by atoms with Gasteiger partial charge in [0, 0.05) is 26.1 Å². The molecule has 0 unspecified atom stereocenters. The second-order valence-corrected chi connectivity index (χ2v) is 14.4. The van der Waals surface area contributed by atoms with Gasteiger partial charge in [-0.1, -0.05) is 77.0 Å². The Balaban J connectivity index is 1.23. The highest BCUT2D eigenvalue weighted by Gasteiger charge is 2.69. The number of amides is 2. The molecule has 2 aliphatic carbocycles. The van der Waals surface area contributed by atoms with Crippen molar-refractivity contribution < 1.29 is 9.59 Å². The Morgan fingerprint density at radius 2 is 1.41 bits per heavy atom. The van der Waals surface area contributed by atoms with Crippen molar-refractivity contribution in [2.45, 2.75) is 29.2 Å². The molecular weight excluding hydrogens is 595 g/mol. The second-order valence-electron chi connectivity index (χ2n) is 11.4. The molecule has 5 nitrogen and oxygen atoms in total. The first-order valence-corrected chi connectivity index (χ1v) is 16.2. The van der Waals surface area contributed by atoms with Gasteiger partial charge < -0.3 is 0 Å². The number of nitrogens with zero attached hydrogens (tertiary/aromatic N) is 2. The first kappa shape index (κ1) is 25.8. The topological polar surface area (TPSA) is 59.4 Å². The van der Waals surface area contributed by atoms with Crippen molar-refractivity contribution in [3.05, 3.63) is 115 Å². The highest BCUT2D eigenvalue weighted by Crippen LogP contribution is 2.69. The van der Waals surface area contributed by atoms with Crippen LogP contribution in [0.3, 0.4) is 0 Å². The van der Waals surface area contributed by atoms with E-state index in [0.29, 0.717) is 22.3 Å². The summed E-state index contributed by atoms with van der Waals surface area (Å²) in [4.78, 5) is 43.8. The monoisotopic (exact) mass is 618 g/mol. The summed E-state index contributed by atoms with van der Waals surface area (Å²) in [6, 6.07) is 24.9. The van der Waals surface area contributed by atoms with E-state index in [9.17, 15) is 14.4 Å². The third-order valence-corrected chi connectivity index (χ3v) is 12.7. The fourth-order valence-electron chi connectivity index (χ4n) is 7.91. The first-order valence-electron chi connectivity index (χ1n) is 13.7. The van der Waals surface area contributed by atoms with E-state index >= 15 is 0 Å². The minimum absolute atomic E-state index is 0.0268. The lowest BCUT2D eigenvalue weighted by Gasteiger charge is -2.43. The van der Waals surface area contributed by atoms with Gasteiger partial charge in [0.1, 0.15) is 0 Å². The van der Waals surface area contributed by atoms with E-state index in [1.54, 1.807) is 36.0 Å². The van der Waals surface area contributed by atoms with Crippen LogP contribution in [0.1, 0.15) is 28.3 Å². The van der Waals surface area contributed by atoms with Crippen LogP contribution in [0.25, 0.3) is 0 Å². The molecule has 4 aliphatic rings. The van der Waals surface area contributed by atoms with Gasteiger partial charge in [0.25, 0.3) is 0 Å². The van der Waals surface area contributed by atoms with Gasteiger partial charge in [-0.05, 0) is 71.7 Å². The van der Waals surface area contributed by atoms with E-state index < -0.39 is 0 Å². The minimum atomic E-state index is -0.343. The maximum Gasteiger partial charge on any atom is 0.308 e. The standard InChI is InChI=1S/C32H24Cl2N2O3S2/c33-18-8-6-17(7-9-18)23-24-21-14-22(26-25(21)29(37)36(30(26)38)20-12-10-19(34)11-13-20)27(24)40-31-28(23)41-32(39)35(31)15-16-4-2-1-3-5-16/h1-13,21-27H,14-15H2/t21-,22+,23+,24-,25+,26+,27-/m0/s1. The number of imide groups is 1. The predicted octanol–water partition coefficient (Wildman–Crippen LogP) is 6.94. The third-order valence-electron chi connectivity index (χ3n) is 9.45. The zero-order chi connectivity index (χ0) is 28.0. The Morgan fingerprint density at radius 1 is 0.780 bits per heavy atom. The lowest BCUT2D eigenvalue weighted by molar-refractivity contribution is -0.123. The normalized spacial score (nSPS) is 29.5. The van der Waals surface area contributed by atoms with E-state index in [4.69, 9.17) is 23.2 Å². The van der Waals surface area contributed by atoms with Crippen LogP contribution < -0.4 is 9.77 Å². The Morgan fingerprint density at radius 3 is 2.10 bits per heavy atom. The maximum atomic E-state index is 13.9. The summed E-state index contributed by atoms with van der Waals surface area (Å²) in [5.74, 6) is -0.649. The van der Waals surface area contributed by atoms with Crippen molar-refractivity contribution in [1.82, 2.24) is 4.57 Å². The van der Waals surface area contributed by atoms with Gasteiger partial charge >= 0.3 is 4.87 Å². The fourth-order valence-corrected chi connectivity index (χ4v) is 11.3. The Kier molecular flexibility index (Phi) is 6.05. The number of hydrogen-bond acceptors (Lipinski definition) is 5. The van der Waals surface area contributed by atoms with Gasteiger partial charge in [0.15, 0.2) is 0 Å². The molecule has 3 heterocycles. The highest BCUT2D eigenvalue weighted by molar-refractivity contribution is 8.00. The van der Waals surface area contributed by atoms with Crippen molar-refractivity contribution in [1.29, 1.82) is 0 Å². The Bertz CT molecular complexity index is 1750. The number of anilines is 1. The van der Waals surface area contributed by atoms with E-state index in [0.717, 1.165) is 27.5 Å². The summed E-state index contributed by atoms with van der Waals surface area (Å²) in [5.41, 5.74) is 2.76. The van der Waals surface area contributed by atoms with Gasteiger partial charge in [-0.25, -0.2) is 0 Å². The number of hydrogen-bond donors (Lipinski definition) is 0. The molecule has 0 N–H and O–H groups in total. The zero-order valence-electron chi connectivity index (χ0n) is 21.7. The predicted molar refractivity (Wildman–Crippen MR) is 163 cm³/mol. The van der Waals surface area contributed by atoms with E-state index in [2.05, 4.69) is 12.1 Å². The molecule has 4 aromatic rings. The lowest BCUT2D eigenvalue weighted by atomic mass is 9.68. The third kappa shape index (κ3) is 3.86. The fraction of sp³-hybridized carbons (Fsp3) is 0.281. The van der Waals surface area contributed by atoms with Crippen molar-refractivity contribution >= 4 is 63.8 Å². The summed E-state index contributed by atoms with van der Waals surface area (Å²) in [5, 5.41) is 2.36. The molecule has 7 atom stereocenters. The average Bonchev–Trinajstić information content (AvgIpc) is 3.69. The van der Waals surface area contributed by atoms with Crippen molar-refractivity contribution in [3.8, 4) is 0 Å². The van der Waals surface area contributed by atoms with Crippen LogP contribution in [0.4, 0.5) is 5.69 Å². The second kappa shape index (κ2) is 9.60. The number of carbonyl (C=O) groups excluding carboxylic acids is 2. The van der Waals surface area contributed by atoms with Gasteiger partial charge in [0.05, 0.1) is 29.1 Å². The number of halogens is 2. The Hall–Kier alpha value is -2.84. The van der Waals surface area contributed by atoms with Crippen LogP contribution in [0.5, 0.6) is 0 Å². The van der Waals surface area contributed by atoms with Crippen molar-refractivity contribution in [2.24, 2.45) is 29.6 Å². The Labute approximate surface area is 255 Å². The highest BCUT2D eigenvalue weighted by atomic mass is 35.5. The van der Waals surface area contributed by atoms with Crippen LogP contribution in [-0.2, 0) is 16.1 Å². The first-order chi connectivity index (χ1) is 19.9. The summed E-state index contributed by atoms with van der Waals surface area (Å²) in [6.45, 7) is 0.505. The maximum absolute atomic E-state index is 13.9. The number of aromatic nitrogens is 1. The number of carbonyl (C=O) groups is 2. The van der Waals surface area contributed by atoms with E-state index in [1.807, 2.05) is 47.0 Å². The minimum Gasteiger partial charge on any atom is -0.289 e. The molecule has 3 aromatic carbocycles. The molecule has 1 aromatic heterocycles. The molecule has 2 aliphatic heterocycles. The molecular formula is C32H24Cl2N2O3S2. The molecule has 1 saturated heterocycles. The largest absolute Gasteiger partial charge is 0.308 e. The van der Waals surface area contributed by atoms with Crippen LogP contribution in [0, 0.1) is 29.6 Å². The number of rotatable bonds is 4. The number of thiazole rings is 1. The molecule has 41 heavy (non-hydrogen) atoms. The molecule has 0 radical (unpaired) electrons. The molecule has 3 fully saturated rings. The molecule has 9 heteroatoms. The smallest absolute Gasteiger partial charge is 0.289 e. The number of fused-ring (bicyclic) bond motifs is 9. The molecule has 2 saturated carbocycles. The number of benzene rings is 3. The molecule has 206 valence electrons. The van der Waals surface area contributed by atoms with Gasteiger partial charge in [-0.15, -0.1) is 11.8 Å². The SMILES string of the molecule is O=C1[C@@H]2[C@H]3C[C@@H]([C@@H]4Sc5c(sc(=O)n5Cc5ccccc5)[C@H](c5ccc(Cl)cc5)[C@H]34)[C@H]2C(=O)N1c1ccc(Cl)cc1. The molecule has 8 rings (SSSR count). The zero-order valence-corrected chi connectivity index (χ0v) is 24.8. The number of thioether (sulfide) groups is 1. The van der Waals surface area contributed by atoms with Crippen molar-refractivity contribution in [2.75, 3.05) is 4.90 Å². The van der Waals surface area contributed by atoms with E-state index in [1.165, 1.54) is 16.2 Å². The summed E-state index contributed by atoms with van der Waals surface area (Å²) in [7, 11) is 0. The van der Waals surface area contributed by atoms with Crippen LogP contribution in [0.2, 0.25) is 10.0 Å². The molecule has 0 spiro atoms. The average molecular weight is 620 g/mol.